The Kier molecular flexibility index (Phi) is 4.96. The van der Waals surface area contributed by atoms with E-state index >= 15 is 0 Å². The molecule has 0 spiro atoms. The summed E-state index contributed by atoms with van der Waals surface area (Å²) >= 11 is 0. The van der Waals surface area contributed by atoms with Crippen molar-refractivity contribution < 1.29 is 13.6 Å². The minimum absolute atomic E-state index is 0.117. The molecular formula is C21H19FN4O4. The van der Waals surface area contributed by atoms with E-state index in [1.165, 1.54) is 22.8 Å². The topological polar surface area (TPSA) is 100 Å². The van der Waals surface area contributed by atoms with Gasteiger partial charge < -0.3 is 19.6 Å². The summed E-state index contributed by atoms with van der Waals surface area (Å²) in [6.07, 6.45) is 0. The monoisotopic (exact) mass is 410 g/mol. The molecule has 30 heavy (non-hydrogen) atoms. The Hall–Kier alpha value is -3.72. The van der Waals surface area contributed by atoms with Crippen LogP contribution in [-0.2, 0) is 6.54 Å². The van der Waals surface area contributed by atoms with Gasteiger partial charge in [-0.1, -0.05) is 0 Å². The minimum Gasteiger partial charge on any atom is -0.408 e. The number of aromatic nitrogens is 2. The van der Waals surface area contributed by atoms with Gasteiger partial charge in [-0.2, -0.15) is 0 Å². The Morgan fingerprint density at radius 3 is 2.73 bits per heavy atom. The molecule has 0 aliphatic rings. The highest BCUT2D eigenvalue weighted by Crippen LogP contribution is 2.21. The molecule has 4 aromatic rings. The van der Waals surface area contributed by atoms with E-state index in [4.69, 9.17) is 4.42 Å². The largest absolute Gasteiger partial charge is 0.419 e. The number of benzene rings is 2. The number of hydrogen-bond donors (Lipinski definition) is 2. The van der Waals surface area contributed by atoms with E-state index < -0.39 is 23.0 Å². The summed E-state index contributed by atoms with van der Waals surface area (Å²) in [5.74, 6) is -1.52. The van der Waals surface area contributed by atoms with Gasteiger partial charge in [0.05, 0.1) is 16.6 Å². The highest BCUT2D eigenvalue weighted by atomic mass is 19.1. The lowest BCUT2D eigenvalue weighted by atomic mass is 10.1. The summed E-state index contributed by atoms with van der Waals surface area (Å²) in [4.78, 5) is 41.4. The molecule has 0 saturated carbocycles. The number of pyridine rings is 1. The smallest absolute Gasteiger partial charge is 0.408 e. The summed E-state index contributed by atoms with van der Waals surface area (Å²) in [5, 5.41) is 3.15. The second-order valence-electron chi connectivity index (χ2n) is 7.20. The number of rotatable bonds is 5. The SMILES string of the molecule is CN(C)CCn1c(=O)oc2ccc(NC(=O)c3cc(=O)[nH]c4cc(F)ccc34)cc21. The average Bonchev–Trinajstić information content (AvgIpc) is 2.99. The summed E-state index contributed by atoms with van der Waals surface area (Å²) in [5.41, 5.74) is 1.23. The normalized spacial score (nSPS) is 11.5. The lowest BCUT2D eigenvalue weighted by molar-refractivity contribution is 0.102. The third-order valence-corrected chi connectivity index (χ3v) is 4.75. The first kappa shape index (κ1) is 19.6. The molecule has 0 saturated heterocycles. The average molecular weight is 410 g/mol. The number of halogens is 1. The van der Waals surface area contributed by atoms with Gasteiger partial charge in [-0.25, -0.2) is 9.18 Å². The molecule has 0 atom stereocenters. The maximum absolute atomic E-state index is 13.5. The van der Waals surface area contributed by atoms with E-state index in [0.717, 1.165) is 6.07 Å². The van der Waals surface area contributed by atoms with Gasteiger partial charge in [0.25, 0.3) is 5.91 Å². The molecule has 9 heteroatoms. The quantitative estimate of drug-likeness (QED) is 0.526. The zero-order chi connectivity index (χ0) is 21.4. The third kappa shape index (κ3) is 3.74. The van der Waals surface area contributed by atoms with Gasteiger partial charge in [-0.15, -0.1) is 0 Å². The number of nitrogens with zero attached hydrogens (tertiary/aromatic N) is 2. The number of H-pyrrole nitrogens is 1. The first-order valence-corrected chi connectivity index (χ1v) is 9.24. The minimum atomic E-state index is -0.525. The van der Waals surface area contributed by atoms with Crippen molar-refractivity contribution in [3.63, 3.8) is 0 Å². The second-order valence-corrected chi connectivity index (χ2v) is 7.20. The maximum atomic E-state index is 13.5. The van der Waals surface area contributed by atoms with Crippen LogP contribution < -0.4 is 16.6 Å². The van der Waals surface area contributed by atoms with Crippen molar-refractivity contribution >= 4 is 33.6 Å². The van der Waals surface area contributed by atoms with Crippen molar-refractivity contribution in [3.8, 4) is 0 Å². The number of hydrogen-bond acceptors (Lipinski definition) is 5. The number of fused-ring (bicyclic) bond motifs is 2. The van der Waals surface area contributed by atoms with Gasteiger partial charge in [0, 0.05) is 30.2 Å². The fourth-order valence-electron chi connectivity index (χ4n) is 3.27. The first-order chi connectivity index (χ1) is 14.3. The fraction of sp³-hybridized carbons (Fsp3) is 0.190. The van der Waals surface area contributed by atoms with Crippen LogP contribution in [0.1, 0.15) is 10.4 Å². The summed E-state index contributed by atoms with van der Waals surface area (Å²) in [6, 6.07) is 9.83. The molecule has 8 nitrogen and oxygen atoms in total. The lowest BCUT2D eigenvalue weighted by Gasteiger charge is -2.10. The molecule has 154 valence electrons. The molecule has 2 N–H and O–H groups in total. The Bertz CT molecular complexity index is 1380. The Morgan fingerprint density at radius 1 is 1.17 bits per heavy atom. The summed E-state index contributed by atoms with van der Waals surface area (Å²) in [6.45, 7) is 1.07. The van der Waals surface area contributed by atoms with Gasteiger partial charge in [0.2, 0.25) is 5.56 Å². The number of carbonyl (C=O) groups excluding carboxylic acids is 1. The standard InChI is InChI=1S/C21H19FN4O4/c1-25(2)7-8-26-17-10-13(4-6-18(17)30-21(26)29)23-20(28)15-11-19(27)24-16-9-12(22)3-5-14(15)16/h3-6,9-11H,7-8H2,1-2H3,(H,23,28)(H,24,27). The molecule has 0 unspecified atom stereocenters. The van der Waals surface area contributed by atoms with Crippen molar-refractivity contribution in [2.45, 2.75) is 6.54 Å². The molecule has 2 heterocycles. The van der Waals surface area contributed by atoms with Crippen LogP contribution in [0.15, 0.2) is 56.5 Å². The maximum Gasteiger partial charge on any atom is 0.419 e. The van der Waals surface area contributed by atoms with Gasteiger partial charge in [0.15, 0.2) is 5.58 Å². The zero-order valence-electron chi connectivity index (χ0n) is 16.4. The van der Waals surface area contributed by atoms with Crippen LogP contribution in [0, 0.1) is 5.82 Å². The molecule has 0 fully saturated rings. The Balaban J connectivity index is 1.70. The van der Waals surface area contributed by atoms with Crippen LogP contribution in [0.3, 0.4) is 0 Å². The molecule has 0 radical (unpaired) electrons. The van der Waals surface area contributed by atoms with Crippen LogP contribution in [0.5, 0.6) is 0 Å². The number of carbonyl (C=O) groups is 1. The van der Waals surface area contributed by atoms with Gasteiger partial charge in [0.1, 0.15) is 5.82 Å². The van der Waals surface area contributed by atoms with Crippen LogP contribution in [0.4, 0.5) is 10.1 Å². The number of likely N-dealkylation sites (N-methyl/N-ethyl adjacent to an activating group) is 1. The van der Waals surface area contributed by atoms with Crippen molar-refractivity contribution in [2.75, 3.05) is 26.0 Å². The molecular weight excluding hydrogens is 391 g/mol. The molecule has 1 amide bonds. The molecule has 4 rings (SSSR count). The van der Waals surface area contributed by atoms with Crippen LogP contribution >= 0.6 is 0 Å². The van der Waals surface area contributed by atoms with Gasteiger partial charge in [-0.3, -0.25) is 14.2 Å². The molecule has 2 aromatic carbocycles. The van der Waals surface area contributed by atoms with Crippen molar-refractivity contribution in [1.82, 2.24) is 14.5 Å². The van der Waals surface area contributed by atoms with Crippen molar-refractivity contribution in [1.29, 1.82) is 0 Å². The lowest BCUT2D eigenvalue weighted by Crippen LogP contribution is -2.23. The third-order valence-electron chi connectivity index (χ3n) is 4.75. The number of anilines is 1. The highest BCUT2D eigenvalue weighted by molar-refractivity contribution is 6.12. The first-order valence-electron chi connectivity index (χ1n) is 9.24. The van der Waals surface area contributed by atoms with Crippen LogP contribution in [0.25, 0.3) is 22.0 Å². The highest BCUT2D eigenvalue weighted by Gasteiger charge is 2.15. The van der Waals surface area contributed by atoms with E-state index in [2.05, 4.69) is 10.3 Å². The number of aromatic amines is 1. The van der Waals surface area contributed by atoms with E-state index in [9.17, 15) is 18.8 Å². The van der Waals surface area contributed by atoms with Crippen molar-refractivity contribution in [2.24, 2.45) is 0 Å². The van der Waals surface area contributed by atoms with Crippen molar-refractivity contribution in [3.05, 3.63) is 74.7 Å². The molecule has 2 aromatic heterocycles. The van der Waals surface area contributed by atoms with E-state index in [1.807, 2.05) is 19.0 Å². The van der Waals surface area contributed by atoms with Gasteiger partial charge in [-0.05, 0) is 50.5 Å². The Labute approximate surface area is 169 Å². The van der Waals surface area contributed by atoms with E-state index in [0.29, 0.717) is 35.3 Å². The zero-order valence-corrected chi connectivity index (χ0v) is 16.4. The number of nitrogens with one attached hydrogen (secondary N) is 2. The fourth-order valence-corrected chi connectivity index (χ4v) is 3.27. The Morgan fingerprint density at radius 2 is 1.97 bits per heavy atom. The summed E-state index contributed by atoms with van der Waals surface area (Å²) in [7, 11) is 3.80. The van der Waals surface area contributed by atoms with Crippen LogP contribution in [-0.4, -0.2) is 41.0 Å². The molecule has 0 bridgehead atoms. The van der Waals surface area contributed by atoms with E-state index in [-0.39, 0.29) is 11.1 Å². The molecule has 0 aliphatic heterocycles. The van der Waals surface area contributed by atoms with Crippen LogP contribution in [0.2, 0.25) is 0 Å². The predicted molar refractivity (Wildman–Crippen MR) is 112 cm³/mol. The number of oxazole rings is 1. The van der Waals surface area contributed by atoms with E-state index in [1.54, 1.807) is 18.2 Å². The van der Waals surface area contributed by atoms with Gasteiger partial charge >= 0.3 is 5.76 Å². The second kappa shape index (κ2) is 7.60. The predicted octanol–water partition coefficient (Wildman–Crippen LogP) is 2.39. The molecule has 0 aliphatic carbocycles. The summed E-state index contributed by atoms with van der Waals surface area (Å²) < 4.78 is 20.2. The number of amides is 1.